The number of carbonyl (C=O) groups is 1. The second-order valence-corrected chi connectivity index (χ2v) is 11.9. The SMILES string of the molecule is CN1Cc2cc(-c3ccc(-c4cncc(CS(=O)(=O)c5ccccc5Br)c4)s3)ccc2C1=O. The molecule has 0 saturated carbocycles. The molecule has 1 aliphatic heterocycles. The van der Waals surface area contributed by atoms with Crippen molar-refractivity contribution < 1.29 is 13.2 Å². The maximum Gasteiger partial charge on any atom is 0.254 e. The molecule has 3 heterocycles. The normalized spacial score (nSPS) is 13.4. The fourth-order valence-electron chi connectivity index (χ4n) is 3.96. The van der Waals surface area contributed by atoms with Crippen LogP contribution in [0.3, 0.4) is 0 Å². The number of aromatic nitrogens is 1. The molecule has 166 valence electrons. The lowest BCUT2D eigenvalue weighted by Crippen LogP contribution is -2.17. The van der Waals surface area contributed by atoms with E-state index in [1.54, 1.807) is 52.9 Å². The van der Waals surface area contributed by atoms with Crippen molar-refractivity contribution in [3.05, 3.63) is 94.2 Å². The van der Waals surface area contributed by atoms with Gasteiger partial charge in [-0.05, 0) is 75.1 Å². The van der Waals surface area contributed by atoms with Crippen LogP contribution in [0, 0.1) is 0 Å². The van der Waals surface area contributed by atoms with Crippen molar-refractivity contribution in [1.82, 2.24) is 9.88 Å². The molecule has 0 N–H and O–H groups in total. The Balaban J connectivity index is 1.41. The molecular weight excluding hydrogens is 520 g/mol. The number of benzene rings is 2. The maximum absolute atomic E-state index is 12.9. The average Bonchev–Trinajstić information content (AvgIpc) is 3.39. The minimum absolute atomic E-state index is 0.0591. The van der Waals surface area contributed by atoms with Crippen LogP contribution in [0.15, 0.2) is 82.4 Å². The largest absolute Gasteiger partial charge is 0.337 e. The summed E-state index contributed by atoms with van der Waals surface area (Å²) in [4.78, 5) is 20.5. The second-order valence-electron chi connectivity index (χ2n) is 7.97. The Morgan fingerprint density at radius 1 is 1.00 bits per heavy atom. The summed E-state index contributed by atoms with van der Waals surface area (Å²) in [6.45, 7) is 0.623. The minimum atomic E-state index is -3.51. The van der Waals surface area contributed by atoms with E-state index in [9.17, 15) is 13.2 Å². The smallest absolute Gasteiger partial charge is 0.254 e. The highest BCUT2D eigenvalue weighted by Gasteiger charge is 2.24. The van der Waals surface area contributed by atoms with Gasteiger partial charge in [0.05, 0.1) is 10.6 Å². The molecule has 5 rings (SSSR count). The van der Waals surface area contributed by atoms with Crippen molar-refractivity contribution in [2.45, 2.75) is 17.2 Å². The van der Waals surface area contributed by atoms with Gasteiger partial charge in [-0.2, -0.15) is 0 Å². The molecule has 0 radical (unpaired) electrons. The van der Waals surface area contributed by atoms with Gasteiger partial charge in [-0.1, -0.05) is 18.2 Å². The first-order valence-electron chi connectivity index (χ1n) is 10.2. The molecule has 1 aliphatic rings. The fraction of sp³-hybridized carbons (Fsp3) is 0.120. The molecule has 2 aromatic heterocycles. The first-order chi connectivity index (χ1) is 15.8. The van der Waals surface area contributed by atoms with Gasteiger partial charge in [0, 0.05) is 51.3 Å². The van der Waals surface area contributed by atoms with Gasteiger partial charge in [0.25, 0.3) is 5.91 Å². The van der Waals surface area contributed by atoms with Crippen molar-refractivity contribution in [2.24, 2.45) is 0 Å². The van der Waals surface area contributed by atoms with Crippen LogP contribution in [0.25, 0.3) is 20.9 Å². The third-order valence-corrected chi connectivity index (χ3v) is 9.47. The molecule has 5 nitrogen and oxygen atoms in total. The number of rotatable bonds is 5. The van der Waals surface area contributed by atoms with E-state index in [-0.39, 0.29) is 16.6 Å². The summed E-state index contributed by atoms with van der Waals surface area (Å²) in [5.41, 5.74) is 4.38. The number of pyridine rings is 1. The first-order valence-corrected chi connectivity index (χ1v) is 13.5. The van der Waals surface area contributed by atoms with E-state index in [1.165, 1.54) is 0 Å². The molecule has 33 heavy (non-hydrogen) atoms. The van der Waals surface area contributed by atoms with Crippen LogP contribution < -0.4 is 0 Å². The summed E-state index contributed by atoms with van der Waals surface area (Å²) in [7, 11) is -1.70. The number of sulfone groups is 1. The van der Waals surface area contributed by atoms with Crippen molar-refractivity contribution in [3.8, 4) is 20.9 Å². The van der Waals surface area contributed by atoms with Crippen LogP contribution >= 0.6 is 27.3 Å². The highest BCUT2D eigenvalue weighted by atomic mass is 79.9. The van der Waals surface area contributed by atoms with Crippen molar-refractivity contribution in [2.75, 3.05) is 7.05 Å². The monoisotopic (exact) mass is 538 g/mol. The maximum atomic E-state index is 12.9. The first kappa shape index (κ1) is 22.0. The Morgan fingerprint density at radius 2 is 1.76 bits per heavy atom. The average molecular weight is 539 g/mol. The standard InChI is InChI=1S/C25H19BrN2O3S2/c1-28-14-19-11-17(6-7-20(19)25(28)29)22-8-9-23(32-22)18-10-16(12-27-13-18)15-33(30,31)24-5-3-2-4-21(24)26/h2-13H,14-15H2,1H3. The number of halogens is 1. The van der Waals surface area contributed by atoms with Gasteiger partial charge in [-0.25, -0.2) is 8.42 Å². The molecule has 0 aliphatic carbocycles. The van der Waals surface area contributed by atoms with Gasteiger partial charge in [0.15, 0.2) is 9.84 Å². The van der Waals surface area contributed by atoms with Gasteiger partial charge in [0.1, 0.15) is 0 Å². The third-order valence-electron chi connectivity index (χ3n) is 5.59. The second kappa shape index (κ2) is 8.52. The van der Waals surface area contributed by atoms with Gasteiger partial charge in [0.2, 0.25) is 0 Å². The molecule has 0 bridgehead atoms. The Morgan fingerprint density at radius 3 is 2.55 bits per heavy atom. The summed E-state index contributed by atoms with van der Waals surface area (Å²) in [5.74, 6) is -0.0649. The third kappa shape index (κ3) is 4.26. The van der Waals surface area contributed by atoms with Gasteiger partial charge < -0.3 is 4.90 Å². The highest BCUT2D eigenvalue weighted by Crippen LogP contribution is 2.36. The molecule has 1 amide bonds. The molecule has 0 fully saturated rings. The van der Waals surface area contributed by atoms with Crippen LogP contribution in [0.2, 0.25) is 0 Å². The summed E-state index contributed by atoms with van der Waals surface area (Å²) in [5, 5.41) is 0. The van der Waals surface area contributed by atoms with Gasteiger partial charge in [-0.15, -0.1) is 11.3 Å². The summed E-state index contributed by atoms with van der Waals surface area (Å²) >= 11 is 4.95. The van der Waals surface area contributed by atoms with E-state index in [0.717, 1.165) is 32.0 Å². The molecule has 4 aromatic rings. The molecule has 2 aromatic carbocycles. The topological polar surface area (TPSA) is 67.3 Å². The van der Waals surface area contributed by atoms with Crippen LogP contribution in [0.4, 0.5) is 0 Å². The van der Waals surface area contributed by atoms with Crippen molar-refractivity contribution in [1.29, 1.82) is 0 Å². The Hall–Kier alpha value is -2.81. The lowest BCUT2D eigenvalue weighted by atomic mass is 10.1. The van der Waals surface area contributed by atoms with Crippen LogP contribution in [-0.2, 0) is 22.1 Å². The predicted molar refractivity (Wildman–Crippen MR) is 134 cm³/mol. The lowest BCUT2D eigenvalue weighted by Gasteiger charge is -2.07. The van der Waals surface area contributed by atoms with E-state index < -0.39 is 9.84 Å². The molecule has 0 unspecified atom stereocenters. The van der Waals surface area contributed by atoms with E-state index in [4.69, 9.17) is 0 Å². The van der Waals surface area contributed by atoms with Crippen molar-refractivity contribution >= 4 is 43.0 Å². The van der Waals surface area contributed by atoms with Gasteiger partial charge >= 0.3 is 0 Å². The highest BCUT2D eigenvalue weighted by molar-refractivity contribution is 9.10. The number of amides is 1. The van der Waals surface area contributed by atoms with E-state index >= 15 is 0 Å². The van der Waals surface area contributed by atoms with Crippen molar-refractivity contribution in [3.63, 3.8) is 0 Å². The molecular formula is C25H19BrN2O3S2. The minimum Gasteiger partial charge on any atom is -0.337 e. The molecule has 8 heteroatoms. The van der Waals surface area contributed by atoms with Crippen LogP contribution in [0.5, 0.6) is 0 Å². The number of hydrogen-bond donors (Lipinski definition) is 0. The molecule has 0 spiro atoms. The van der Waals surface area contributed by atoms with Crippen LogP contribution in [0.1, 0.15) is 21.5 Å². The fourth-order valence-corrected chi connectivity index (χ4v) is 7.37. The molecule has 0 atom stereocenters. The zero-order valence-electron chi connectivity index (χ0n) is 17.7. The number of fused-ring (bicyclic) bond motifs is 1. The Kier molecular flexibility index (Phi) is 5.68. The van der Waals surface area contributed by atoms with Crippen LogP contribution in [-0.4, -0.2) is 31.3 Å². The molecule has 0 saturated heterocycles. The zero-order chi connectivity index (χ0) is 23.2. The number of carbonyl (C=O) groups excluding carboxylic acids is 1. The quantitative estimate of drug-likeness (QED) is 0.322. The summed E-state index contributed by atoms with van der Waals surface area (Å²) in [6.07, 6.45) is 3.35. The zero-order valence-corrected chi connectivity index (χ0v) is 20.9. The Labute approximate surface area is 204 Å². The Bertz CT molecular complexity index is 1500. The summed E-state index contributed by atoms with van der Waals surface area (Å²) < 4.78 is 26.4. The summed E-state index contributed by atoms with van der Waals surface area (Å²) in [6, 6.07) is 18.7. The van der Waals surface area contributed by atoms with E-state index in [2.05, 4.69) is 27.0 Å². The van der Waals surface area contributed by atoms with E-state index in [0.29, 0.717) is 16.6 Å². The van der Waals surface area contributed by atoms with E-state index in [1.807, 2.05) is 37.4 Å². The predicted octanol–water partition coefficient (Wildman–Crippen LogP) is 5.80. The van der Waals surface area contributed by atoms with Gasteiger partial charge in [-0.3, -0.25) is 9.78 Å². The number of thiophene rings is 1. The number of hydrogen-bond acceptors (Lipinski definition) is 5. The number of nitrogens with zero attached hydrogens (tertiary/aromatic N) is 2. The lowest BCUT2D eigenvalue weighted by molar-refractivity contribution is 0.0816.